The molecule has 2 atom stereocenters. The summed E-state index contributed by atoms with van der Waals surface area (Å²) in [5.41, 5.74) is -0.331. The molecule has 0 spiro atoms. The average Bonchev–Trinajstić information content (AvgIpc) is 2.92. The predicted octanol–water partition coefficient (Wildman–Crippen LogP) is 9.64. The number of benzene rings is 2. The number of hydrogen-bond donors (Lipinski definition) is 0. The molecule has 1 saturated heterocycles. The standard InChI is InChI=1S/C31H34F6O3/c1-2-3-21-7-12-24(38-18-21)11-6-20-4-8-22(9-5-20)23-10-14-26(27(32)16-23)31(36,37)40-25-13-15-29(28(33)17-25)39-19-30(34)35/h6,10-11,13-17,19-22,24H,2-5,7-9,12,18H2,1H3. The first-order valence-corrected chi connectivity index (χ1v) is 13.8. The van der Waals surface area contributed by atoms with Crippen LogP contribution in [0.4, 0.5) is 26.3 Å². The first-order chi connectivity index (χ1) is 19.1. The van der Waals surface area contributed by atoms with E-state index in [-0.39, 0.29) is 18.3 Å². The maximum atomic E-state index is 14.8. The molecule has 0 radical (unpaired) electrons. The van der Waals surface area contributed by atoms with Gasteiger partial charge >= 0.3 is 12.2 Å². The van der Waals surface area contributed by atoms with E-state index < -0.39 is 40.9 Å². The van der Waals surface area contributed by atoms with Gasteiger partial charge in [-0.1, -0.05) is 31.6 Å². The average molecular weight is 569 g/mol. The molecule has 218 valence electrons. The Morgan fingerprint density at radius 3 is 2.35 bits per heavy atom. The molecule has 0 bridgehead atoms. The molecule has 1 saturated carbocycles. The number of halogens is 6. The molecule has 0 N–H and O–H groups in total. The lowest BCUT2D eigenvalue weighted by molar-refractivity contribution is -0.187. The van der Waals surface area contributed by atoms with E-state index in [9.17, 15) is 26.3 Å². The molecule has 0 amide bonds. The summed E-state index contributed by atoms with van der Waals surface area (Å²) in [6, 6.07) is 5.91. The van der Waals surface area contributed by atoms with Crippen LogP contribution in [0.5, 0.6) is 11.5 Å². The predicted molar refractivity (Wildman–Crippen MR) is 139 cm³/mol. The van der Waals surface area contributed by atoms with Crippen LogP contribution in [0.25, 0.3) is 0 Å². The highest BCUT2D eigenvalue weighted by molar-refractivity contribution is 5.35. The van der Waals surface area contributed by atoms with E-state index in [1.807, 2.05) is 0 Å². The van der Waals surface area contributed by atoms with E-state index in [1.165, 1.54) is 25.3 Å². The van der Waals surface area contributed by atoms with E-state index in [4.69, 9.17) is 4.74 Å². The molecule has 2 fully saturated rings. The summed E-state index contributed by atoms with van der Waals surface area (Å²) < 4.78 is 97.6. The highest BCUT2D eigenvalue weighted by Gasteiger charge is 2.38. The van der Waals surface area contributed by atoms with Gasteiger partial charge in [0, 0.05) is 6.07 Å². The van der Waals surface area contributed by atoms with Crippen molar-refractivity contribution in [1.82, 2.24) is 0 Å². The molecule has 2 aliphatic rings. The molecule has 2 aromatic carbocycles. The molecular weight excluding hydrogens is 534 g/mol. The molecule has 1 aliphatic carbocycles. The minimum absolute atomic E-state index is 0.0162. The van der Waals surface area contributed by atoms with E-state index in [0.717, 1.165) is 63.0 Å². The quantitative estimate of drug-likeness (QED) is 0.162. The highest BCUT2D eigenvalue weighted by atomic mass is 19.3. The van der Waals surface area contributed by atoms with Crippen LogP contribution in [0.2, 0.25) is 0 Å². The van der Waals surface area contributed by atoms with Crippen molar-refractivity contribution in [3.63, 3.8) is 0 Å². The molecule has 2 unspecified atom stereocenters. The second-order valence-electron chi connectivity index (χ2n) is 10.6. The summed E-state index contributed by atoms with van der Waals surface area (Å²) >= 11 is 0. The summed E-state index contributed by atoms with van der Waals surface area (Å²) in [6.45, 7) is 3.01. The maximum absolute atomic E-state index is 14.8. The van der Waals surface area contributed by atoms with Crippen molar-refractivity contribution in [3.05, 3.63) is 83.7 Å². The van der Waals surface area contributed by atoms with Gasteiger partial charge in [0.15, 0.2) is 17.8 Å². The van der Waals surface area contributed by atoms with Crippen molar-refractivity contribution in [2.45, 2.75) is 76.4 Å². The number of hydrogen-bond acceptors (Lipinski definition) is 3. The third-order valence-corrected chi connectivity index (χ3v) is 7.67. The Bertz CT molecular complexity index is 1180. The number of rotatable bonds is 10. The molecule has 4 rings (SSSR count). The first kappa shape index (κ1) is 30.0. The lowest BCUT2D eigenvalue weighted by Crippen LogP contribution is -2.24. The summed E-state index contributed by atoms with van der Waals surface area (Å²) in [7, 11) is 0. The monoisotopic (exact) mass is 568 g/mol. The largest absolute Gasteiger partial charge is 0.456 e. The van der Waals surface area contributed by atoms with Crippen LogP contribution in [0.1, 0.15) is 75.3 Å². The van der Waals surface area contributed by atoms with Gasteiger partial charge < -0.3 is 14.2 Å². The summed E-state index contributed by atoms with van der Waals surface area (Å²) in [4.78, 5) is 0. The van der Waals surface area contributed by atoms with E-state index >= 15 is 0 Å². The molecule has 1 aliphatic heterocycles. The van der Waals surface area contributed by atoms with Crippen molar-refractivity contribution >= 4 is 0 Å². The lowest BCUT2D eigenvalue weighted by atomic mass is 9.78. The van der Waals surface area contributed by atoms with E-state index in [0.29, 0.717) is 23.5 Å². The Morgan fingerprint density at radius 2 is 1.73 bits per heavy atom. The zero-order valence-corrected chi connectivity index (χ0v) is 22.4. The SMILES string of the molecule is CCCC1CCC(C=CC2CCC(c3ccc(C(F)(F)Oc4ccc(OC=C(F)F)c(F)c4)c(F)c3)CC2)OC1. The third-order valence-electron chi connectivity index (χ3n) is 7.67. The number of ether oxygens (including phenoxy) is 3. The van der Waals surface area contributed by atoms with Crippen molar-refractivity contribution in [3.8, 4) is 11.5 Å². The molecular formula is C31H34F6O3. The van der Waals surface area contributed by atoms with Gasteiger partial charge in [0.2, 0.25) is 0 Å². The van der Waals surface area contributed by atoms with E-state index in [1.54, 1.807) is 0 Å². The van der Waals surface area contributed by atoms with Crippen LogP contribution >= 0.6 is 0 Å². The molecule has 3 nitrogen and oxygen atoms in total. The van der Waals surface area contributed by atoms with Crippen molar-refractivity contribution in [2.24, 2.45) is 11.8 Å². The van der Waals surface area contributed by atoms with Crippen LogP contribution in [0.3, 0.4) is 0 Å². The van der Waals surface area contributed by atoms with Gasteiger partial charge in [-0.25, -0.2) is 8.78 Å². The van der Waals surface area contributed by atoms with Crippen LogP contribution in [-0.2, 0) is 10.8 Å². The molecule has 9 heteroatoms. The Kier molecular flexibility index (Phi) is 10.2. The Hall–Kier alpha value is -2.94. The molecule has 2 aromatic rings. The maximum Gasteiger partial charge on any atom is 0.429 e. The lowest BCUT2D eigenvalue weighted by Gasteiger charge is -2.29. The minimum atomic E-state index is -4.09. The Balaban J connectivity index is 1.31. The smallest absolute Gasteiger partial charge is 0.429 e. The van der Waals surface area contributed by atoms with Crippen molar-refractivity contribution in [2.75, 3.05) is 6.61 Å². The van der Waals surface area contributed by atoms with Crippen LogP contribution in [0, 0.1) is 23.5 Å². The molecule has 1 heterocycles. The summed E-state index contributed by atoms with van der Waals surface area (Å²) in [6.07, 6.45) is 6.43. The third kappa shape index (κ3) is 8.05. The number of alkyl halides is 2. The van der Waals surface area contributed by atoms with Gasteiger partial charge in [-0.2, -0.15) is 17.6 Å². The van der Waals surface area contributed by atoms with Crippen LogP contribution in [0.15, 0.2) is 60.9 Å². The summed E-state index contributed by atoms with van der Waals surface area (Å²) in [5, 5.41) is 0. The fraction of sp³-hybridized carbons (Fsp3) is 0.484. The molecule has 40 heavy (non-hydrogen) atoms. The zero-order chi connectivity index (χ0) is 28.7. The topological polar surface area (TPSA) is 27.7 Å². The zero-order valence-electron chi connectivity index (χ0n) is 22.4. The van der Waals surface area contributed by atoms with Crippen molar-refractivity contribution in [1.29, 1.82) is 0 Å². The Labute approximate surface area is 230 Å². The Morgan fingerprint density at radius 1 is 0.950 bits per heavy atom. The van der Waals surface area contributed by atoms with Gasteiger partial charge in [0.25, 0.3) is 0 Å². The highest BCUT2D eigenvalue weighted by Crippen LogP contribution is 2.40. The normalized spacial score (nSPS) is 23.7. The van der Waals surface area contributed by atoms with Gasteiger partial charge in [-0.3, -0.25) is 0 Å². The van der Waals surface area contributed by atoms with Gasteiger partial charge in [-0.15, -0.1) is 0 Å². The van der Waals surface area contributed by atoms with E-state index in [2.05, 4.69) is 28.5 Å². The fourth-order valence-corrected chi connectivity index (χ4v) is 5.51. The first-order valence-electron chi connectivity index (χ1n) is 13.8. The number of allylic oxidation sites excluding steroid dienone is 1. The minimum Gasteiger partial charge on any atom is -0.456 e. The van der Waals surface area contributed by atoms with Crippen molar-refractivity contribution < 1.29 is 40.6 Å². The molecule has 0 aromatic heterocycles. The second-order valence-corrected chi connectivity index (χ2v) is 10.6. The van der Waals surface area contributed by atoms with Crippen LogP contribution in [-0.4, -0.2) is 12.7 Å². The fourth-order valence-electron chi connectivity index (χ4n) is 5.51. The van der Waals surface area contributed by atoms with Crippen LogP contribution < -0.4 is 9.47 Å². The van der Waals surface area contributed by atoms with Gasteiger partial charge in [0.1, 0.15) is 11.6 Å². The second kappa shape index (κ2) is 13.6. The summed E-state index contributed by atoms with van der Waals surface area (Å²) in [5.74, 6) is -2.39. The van der Waals surface area contributed by atoms with Gasteiger partial charge in [0.05, 0.1) is 18.3 Å². The van der Waals surface area contributed by atoms with Gasteiger partial charge in [-0.05, 0) is 92.5 Å².